The molecule has 1 heterocycles. The lowest BCUT2D eigenvalue weighted by molar-refractivity contribution is -0.136. The third kappa shape index (κ3) is 9.04. The van der Waals surface area contributed by atoms with E-state index in [1.54, 1.807) is 44.4 Å². The Kier molecular flexibility index (Phi) is 12.5. The van der Waals surface area contributed by atoms with Gasteiger partial charge in [0.15, 0.2) is 29.2 Å². The zero-order chi connectivity index (χ0) is 33.2. The second-order valence-corrected chi connectivity index (χ2v) is 12.0. The maximum absolute atomic E-state index is 12.5. The number of rotatable bonds is 14. The van der Waals surface area contributed by atoms with Crippen LogP contribution in [0.1, 0.15) is 36.6 Å². The van der Waals surface area contributed by atoms with E-state index in [1.165, 1.54) is 13.3 Å². The smallest absolute Gasteiger partial charge is 0.337 e. The molecular formula is C32H34BrIN4O8. The lowest BCUT2D eigenvalue weighted by Crippen LogP contribution is -2.45. The number of allylic oxidation sites excluding steroid dienone is 1. The first-order valence-corrected chi connectivity index (χ1v) is 16.0. The number of benzene rings is 3. The van der Waals surface area contributed by atoms with Crippen molar-refractivity contribution in [3.05, 3.63) is 90.6 Å². The van der Waals surface area contributed by atoms with Gasteiger partial charge >= 0.3 is 12.0 Å². The lowest BCUT2D eigenvalue weighted by atomic mass is 9.95. The molecule has 0 aromatic heterocycles. The molecule has 3 aromatic carbocycles. The average Bonchev–Trinajstić information content (AvgIpc) is 3.04. The Morgan fingerprint density at radius 3 is 2.50 bits per heavy atom. The molecule has 4 N–H and O–H groups in total. The van der Waals surface area contributed by atoms with Crippen LogP contribution in [0.2, 0.25) is 0 Å². The summed E-state index contributed by atoms with van der Waals surface area (Å²) in [6, 6.07) is 15.4. The van der Waals surface area contributed by atoms with Crippen molar-refractivity contribution in [2.75, 3.05) is 27.4 Å². The van der Waals surface area contributed by atoms with E-state index < -0.39 is 24.3 Å². The molecule has 0 unspecified atom stereocenters. The number of hydrogen-bond acceptors (Lipinski definition) is 10. The van der Waals surface area contributed by atoms with Crippen LogP contribution < -0.4 is 35.0 Å². The first-order valence-electron chi connectivity index (χ1n) is 14.1. The molecule has 2 amide bonds. The number of urea groups is 1. The first kappa shape index (κ1) is 34.8. The van der Waals surface area contributed by atoms with E-state index >= 15 is 0 Å². The Bertz CT molecular complexity index is 1620. The van der Waals surface area contributed by atoms with Gasteiger partial charge in [0.1, 0.15) is 13.2 Å². The molecule has 1 aliphatic rings. The second-order valence-electron chi connectivity index (χ2n) is 9.85. The van der Waals surface area contributed by atoms with Crippen LogP contribution >= 0.6 is 38.5 Å². The first-order chi connectivity index (χ1) is 22.1. The van der Waals surface area contributed by atoms with Gasteiger partial charge in [-0.3, -0.25) is 5.43 Å². The van der Waals surface area contributed by atoms with E-state index in [-0.39, 0.29) is 12.2 Å². The Labute approximate surface area is 288 Å². The van der Waals surface area contributed by atoms with Gasteiger partial charge in [-0.15, -0.1) is 0 Å². The fraction of sp³-hybridized carbons (Fsp3) is 0.281. The van der Waals surface area contributed by atoms with Gasteiger partial charge < -0.3 is 39.4 Å². The second kappa shape index (κ2) is 16.5. The van der Waals surface area contributed by atoms with Crippen molar-refractivity contribution in [2.24, 2.45) is 5.10 Å². The van der Waals surface area contributed by atoms with Crippen molar-refractivity contribution in [3.63, 3.8) is 0 Å². The number of ether oxygens (including phenoxy) is 5. The molecule has 3 aromatic rings. The summed E-state index contributed by atoms with van der Waals surface area (Å²) in [5.41, 5.74) is 5.60. The van der Waals surface area contributed by atoms with E-state index in [0.717, 1.165) is 9.13 Å². The number of hydrazone groups is 1. The number of nitrogens with one attached hydrogen (secondary N) is 3. The zero-order valence-corrected chi connectivity index (χ0v) is 29.3. The topological polar surface area (TPSA) is 149 Å². The number of carbonyl (C=O) groups excluding carboxylic acids is 2. The Morgan fingerprint density at radius 2 is 1.80 bits per heavy atom. The van der Waals surface area contributed by atoms with Crippen molar-refractivity contribution in [2.45, 2.75) is 32.7 Å². The minimum absolute atomic E-state index is 0.164. The Hall–Kier alpha value is -4.02. The van der Waals surface area contributed by atoms with Gasteiger partial charge in [0.05, 0.1) is 38.7 Å². The number of hydrogen-bond donors (Lipinski definition) is 4. The lowest BCUT2D eigenvalue weighted by Gasteiger charge is -2.28. The summed E-state index contributed by atoms with van der Waals surface area (Å²) < 4.78 is 29.9. The van der Waals surface area contributed by atoms with Crippen LogP contribution in [-0.4, -0.2) is 57.0 Å². The summed E-state index contributed by atoms with van der Waals surface area (Å²) in [6.07, 6.45) is 0.365. The van der Waals surface area contributed by atoms with Crippen LogP contribution in [0.5, 0.6) is 23.0 Å². The number of methoxy groups -OCH3 is 2. The number of aliphatic hydroxyl groups is 1. The molecule has 4 rings (SSSR count). The number of amides is 2. The largest absolute Gasteiger partial charge is 0.493 e. The summed E-state index contributed by atoms with van der Waals surface area (Å²) in [7, 11) is 2.83. The third-order valence-corrected chi connectivity index (χ3v) is 8.10. The summed E-state index contributed by atoms with van der Waals surface area (Å²) in [5, 5.41) is 20.0. The predicted octanol–water partition coefficient (Wildman–Crippen LogP) is 5.16. The minimum Gasteiger partial charge on any atom is -0.493 e. The highest BCUT2D eigenvalue weighted by molar-refractivity contribution is 14.1. The third-order valence-electron chi connectivity index (χ3n) is 6.69. The standard InChI is InChI=1S/C32H34BrIN4O8/c1-5-44-26-12-20(30-29(31(40)43-4)18(2)36-32(41)37-30)8-11-24(26)46-17-28(39)38-35-15-21-13-25(42-3)27(14-23(21)33)45-16-19-6-9-22(34)10-7-19/h6-15,28,30,38-39H,5,16-17H2,1-4H3,(H2,36,37,41)/b35-15-/t28-,30-/m0/s1. The molecule has 0 aliphatic carbocycles. The summed E-state index contributed by atoms with van der Waals surface area (Å²) in [6.45, 7) is 3.99. The van der Waals surface area contributed by atoms with E-state index in [2.05, 4.69) is 59.7 Å². The normalized spacial score (nSPS) is 15.1. The molecule has 244 valence electrons. The molecule has 0 saturated carbocycles. The summed E-state index contributed by atoms with van der Waals surface area (Å²) >= 11 is 5.80. The van der Waals surface area contributed by atoms with Crippen molar-refractivity contribution in [1.29, 1.82) is 0 Å². The zero-order valence-electron chi connectivity index (χ0n) is 25.6. The number of carbonyl (C=O) groups is 2. The van der Waals surface area contributed by atoms with Crippen LogP contribution in [0.15, 0.2) is 75.4 Å². The van der Waals surface area contributed by atoms with Gasteiger partial charge in [-0.05, 0) is 99.9 Å². The molecular weight excluding hydrogens is 775 g/mol. The van der Waals surface area contributed by atoms with Crippen LogP contribution in [0.3, 0.4) is 0 Å². The van der Waals surface area contributed by atoms with Gasteiger partial charge in [-0.1, -0.05) is 18.2 Å². The fourth-order valence-corrected chi connectivity index (χ4v) is 5.26. The highest BCUT2D eigenvalue weighted by Gasteiger charge is 2.32. The van der Waals surface area contributed by atoms with Gasteiger partial charge in [0.25, 0.3) is 0 Å². The Balaban J connectivity index is 1.39. The molecule has 12 nitrogen and oxygen atoms in total. The molecule has 46 heavy (non-hydrogen) atoms. The molecule has 0 spiro atoms. The molecule has 0 fully saturated rings. The van der Waals surface area contributed by atoms with Crippen molar-refractivity contribution in [3.8, 4) is 23.0 Å². The van der Waals surface area contributed by atoms with Crippen LogP contribution in [0.25, 0.3) is 0 Å². The summed E-state index contributed by atoms with van der Waals surface area (Å²) in [4.78, 5) is 24.6. The van der Waals surface area contributed by atoms with E-state index in [0.29, 0.717) is 57.5 Å². The van der Waals surface area contributed by atoms with Crippen LogP contribution in [0.4, 0.5) is 4.79 Å². The highest BCUT2D eigenvalue weighted by atomic mass is 127. The molecule has 0 bridgehead atoms. The van der Waals surface area contributed by atoms with E-state index in [1.807, 2.05) is 31.2 Å². The van der Waals surface area contributed by atoms with E-state index in [4.69, 9.17) is 23.7 Å². The maximum atomic E-state index is 12.5. The molecule has 2 atom stereocenters. The monoisotopic (exact) mass is 808 g/mol. The molecule has 0 saturated heterocycles. The number of aliphatic hydroxyl groups excluding tert-OH is 1. The maximum Gasteiger partial charge on any atom is 0.337 e. The van der Waals surface area contributed by atoms with Crippen molar-refractivity contribution >= 4 is 56.7 Å². The van der Waals surface area contributed by atoms with Crippen LogP contribution in [-0.2, 0) is 16.1 Å². The van der Waals surface area contributed by atoms with Crippen LogP contribution in [0, 0.1) is 3.57 Å². The van der Waals surface area contributed by atoms with Crippen molar-refractivity contribution < 1.29 is 38.4 Å². The fourth-order valence-electron chi connectivity index (χ4n) is 4.48. The molecule has 1 aliphatic heterocycles. The Morgan fingerprint density at radius 1 is 1.07 bits per heavy atom. The van der Waals surface area contributed by atoms with Crippen molar-refractivity contribution in [1.82, 2.24) is 16.1 Å². The quantitative estimate of drug-likeness (QED) is 0.0570. The van der Waals surface area contributed by atoms with Gasteiger partial charge in [-0.2, -0.15) is 5.10 Å². The van der Waals surface area contributed by atoms with Gasteiger partial charge in [0.2, 0.25) is 0 Å². The van der Waals surface area contributed by atoms with Gasteiger partial charge in [-0.25, -0.2) is 9.59 Å². The molecule has 14 heteroatoms. The SMILES string of the molecule is CCOc1cc([C@@H]2NC(=O)NC(C)=C2C(=O)OC)ccc1OC[C@H](O)N/N=C\c1cc(OC)c(OCc2ccc(I)cc2)cc1Br. The average molecular weight is 809 g/mol. The number of nitrogens with zero attached hydrogens (tertiary/aromatic N) is 1. The van der Waals surface area contributed by atoms with Gasteiger partial charge in [0, 0.05) is 19.3 Å². The number of esters is 1. The summed E-state index contributed by atoms with van der Waals surface area (Å²) in [5.74, 6) is 1.24. The van der Waals surface area contributed by atoms with E-state index in [9.17, 15) is 14.7 Å². The number of halogens is 2. The minimum atomic E-state index is -1.16. The highest BCUT2D eigenvalue weighted by Crippen LogP contribution is 2.35. The predicted molar refractivity (Wildman–Crippen MR) is 183 cm³/mol. The molecule has 0 radical (unpaired) electrons.